The SMILES string of the molecule is CCS(=O)(=O)N1CC[C@@H]2[C@H]1CCC(=O)N2CCOC. The van der Waals surface area contributed by atoms with Crippen molar-refractivity contribution in [3.05, 3.63) is 0 Å². The van der Waals surface area contributed by atoms with Gasteiger partial charge in [0.05, 0.1) is 12.4 Å². The van der Waals surface area contributed by atoms with Crippen LogP contribution in [0.3, 0.4) is 0 Å². The van der Waals surface area contributed by atoms with Gasteiger partial charge in [0.2, 0.25) is 15.9 Å². The standard InChI is InChI=1S/C12H22N2O4S/c1-3-19(16,17)14-7-6-10-11(14)4-5-12(15)13(10)8-9-18-2/h10-11H,3-9H2,1-2H3/t10-,11-/m1/s1. The molecule has 2 atom stereocenters. The lowest BCUT2D eigenvalue weighted by Gasteiger charge is -2.39. The quantitative estimate of drug-likeness (QED) is 0.717. The summed E-state index contributed by atoms with van der Waals surface area (Å²) in [4.78, 5) is 13.8. The van der Waals surface area contributed by atoms with Gasteiger partial charge in [-0.05, 0) is 19.8 Å². The molecular weight excluding hydrogens is 268 g/mol. The Morgan fingerprint density at radius 2 is 2.05 bits per heavy atom. The van der Waals surface area contributed by atoms with Gasteiger partial charge < -0.3 is 9.64 Å². The van der Waals surface area contributed by atoms with Gasteiger partial charge in [0.1, 0.15) is 0 Å². The van der Waals surface area contributed by atoms with E-state index in [4.69, 9.17) is 4.74 Å². The molecule has 0 aromatic carbocycles. The maximum absolute atomic E-state index is 12.1. The first-order valence-corrected chi connectivity index (χ1v) is 8.40. The van der Waals surface area contributed by atoms with E-state index in [2.05, 4.69) is 0 Å². The van der Waals surface area contributed by atoms with Crippen LogP contribution in [-0.2, 0) is 19.6 Å². The molecule has 0 radical (unpaired) electrons. The van der Waals surface area contributed by atoms with E-state index in [1.165, 1.54) is 0 Å². The minimum atomic E-state index is -3.17. The maximum Gasteiger partial charge on any atom is 0.223 e. The number of amides is 1. The van der Waals surface area contributed by atoms with Crippen molar-refractivity contribution in [2.24, 2.45) is 0 Å². The zero-order chi connectivity index (χ0) is 14.0. The highest BCUT2D eigenvalue weighted by Gasteiger charge is 2.46. The monoisotopic (exact) mass is 290 g/mol. The molecule has 2 aliphatic rings. The van der Waals surface area contributed by atoms with Crippen molar-refractivity contribution >= 4 is 15.9 Å². The number of fused-ring (bicyclic) bond motifs is 1. The number of hydrogen-bond donors (Lipinski definition) is 0. The Balaban J connectivity index is 2.14. The summed E-state index contributed by atoms with van der Waals surface area (Å²) in [6.07, 6.45) is 1.81. The summed E-state index contributed by atoms with van der Waals surface area (Å²) in [7, 11) is -1.56. The van der Waals surface area contributed by atoms with E-state index in [1.54, 1.807) is 18.3 Å². The van der Waals surface area contributed by atoms with Crippen LogP contribution in [0.4, 0.5) is 0 Å². The lowest BCUT2D eigenvalue weighted by molar-refractivity contribution is -0.138. The van der Waals surface area contributed by atoms with Crippen molar-refractivity contribution in [1.82, 2.24) is 9.21 Å². The Morgan fingerprint density at radius 1 is 1.32 bits per heavy atom. The maximum atomic E-state index is 12.1. The number of hydrogen-bond acceptors (Lipinski definition) is 4. The van der Waals surface area contributed by atoms with Gasteiger partial charge in [-0.3, -0.25) is 4.79 Å². The molecule has 2 rings (SSSR count). The summed E-state index contributed by atoms with van der Waals surface area (Å²) in [6.45, 7) is 3.24. The van der Waals surface area contributed by atoms with Crippen LogP contribution in [0.15, 0.2) is 0 Å². The molecule has 0 bridgehead atoms. The van der Waals surface area contributed by atoms with Crippen LogP contribution in [0, 0.1) is 0 Å². The van der Waals surface area contributed by atoms with Gasteiger partial charge in [0.15, 0.2) is 0 Å². The smallest absolute Gasteiger partial charge is 0.223 e. The molecule has 2 fully saturated rings. The number of nitrogens with zero attached hydrogens (tertiary/aromatic N) is 2. The van der Waals surface area contributed by atoms with Crippen LogP contribution >= 0.6 is 0 Å². The molecule has 0 saturated carbocycles. The number of sulfonamides is 1. The number of methoxy groups -OCH3 is 1. The van der Waals surface area contributed by atoms with Gasteiger partial charge in [-0.1, -0.05) is 0 Å². The highest BCUT2D eigenvalue weighted by atomic mass is 32.2. The lowest BCUT2D eigenvalue weighted by atomic mass is 9.97. The summed E-state index contributed by atoms with van der Waals surface area (Å²) in [5, 5.41) is 0. The van der Waals surface area contributed by atoms with Crippen LogP contribution in [0.2, 0.25) is 0 Å². The fraction of sp³-hybridized carbons (Fsp3) is 0.917. The topological polar surface area (TPSA) is 66.9 Å². The fourth-order valence-corrected chi connectivity index (χ4v) is 4.47. The van der Waals surface area contributed by atoms with Crippen LogP contribution < -0.4 is 0 Å². The molecule has 1 amide bonds. The van der Waals surface area contributed by atoms with Gasteiger partial charge >= 0.3 is 0 Å². The zero-order valence-corrected chi connectivity index (χ0v) is 12.4. The molecule has 2 heterocycles. The van der Waals surface area contributed by atoms with Crippen molar-refractivity contribution in [1.29, 1.82) is 0 Å². The number of ether oxygens (including phenoxy) is 1. The Morgan fingerprint density at radius 3 is 2.68 bits per heavy atom. The van der Waals surface area contributed by atoms with E-state index in [9.17, 15) is 13.2 Å². The summed E-state index contributed by atoms with van der Waals surface area (Å²) in [5.41, 5.74) is 0. The number of piperidine rings is 1. The minimum absolute atomic E-state index is 0.0257. The molecule has 0 aliphatic carbocycles. The van der Waals surface area contributed by atoms with Gasteiger partial charge in [-0.2, -0.15) is 4.31 Å². The number of carbonyl (C=O) groups excluding carboxylic acids is 1. The summed E-state index contributed by atoms with van der Waals surface area (Å²) >= 11 is 0. The van der Waals surface area contributed by atoms with E-state index in [-0.39, 0.29) is 23.7 Å². The van der Waals surface area contributed by atoms with Crippen LogP contribution in [0.5, 0.6) is 0 Å². The second-order valence-corrected chi connectivity index (χ2v) is 7.26. The highest BCUT2D eigenvalue weighted by molar-refractivity contribution is 7.89. The van der Waals surface area contributed by atoms with Crippen molar-refractivity contribution in [3.63, 3.8) is 0 Å². The third kappa shape index (κ3) is 2.78. The Hall–Kier alpha value is -0.660. The van der Waals surface area contributed by atoms with Crippen LogP contribution in [0.1, 0.15) is 26.2 Å². The molecule has 2 saturated heterocycles. The molecule has 0 aromatic rings. The van der Waals surface area contributed by atoms with Gasteiger partial charge in [-0.25, -0.2) is 8.42 Å². The van der Waals surface area contributed by atoms with Crippen molar-refractivity contribution < 1.29 is 17.9 Å². The second kappa shape index (κ2) is 5.76. The van der Waals surface area contributed by atoms with Crippen LogP contribution in [0.25, 0.3) is 0 Å². The summed E-state index contributed by atoms with van der Waals surface area (Å²) < 4.78 is 30.7. The Bertz CT molecular complexity index is 437. The molecule has 110 valence electrons. The van der Waals surface area contributed by atoms with Crippen LogP contribution in [-0.4, -0.2) is 68.2 Å². The van der Waals surface area contributed by atoms with Gasteiger partial charge in [0, 0.05) is 38.7 Å². The largest absolute Gasteiger partial charge is 0.383 e. The molecule has 19 heavy (non-hydrogen) atoms. The van der Waals surface area contributed by atoms with E-state index in [1.807, 2.05) is 4.90 Å². The first kappa shape index (κ1) is 14.7. The Kier molecular flexibility index (Phi) is 4.47. The second-order valence-electron chi connectivity index (χ2n) is 5.05. The predicted octanol–water partition coefficient (Wildman–Crippen LogP) is 0.0478. The van der Waals surface area contributed by atoms with E-state index >= 15 is 0 Å². The van der Waals surface area contributed by atoms with Gasteiger partial charge in [-0.15, -0.1) is 0 Å². The normalized spacial score (nSPS) is 28.7. The highest BCUT2D eigenvalue weighted by Crippen LogP contribution is 2.33. The molecule has 7 heteroatoms. The third-order valence-corrected chi connectivity index (χ3v) is 5.99. The fourth-order valence-electron chi connectivity index (χ4n) is 3.10. The molecule has 6 nitrogen and oxygen atoms in total. The third-order valence-electron chi connectivity index (χ3n) is 4.09. The van der Waals surface area contributed by atoms with E-state index in [0.717, 1.165) is 6.42 Å². The first-order chi connectivity index (χ1) is 9.01. The van der Waals surface area contributed by atoms with E-state index in [0.29, 0.717) is 32.5 Å². The molecule has 2 aliphatic heterocycles. The first-order valence-electron chi connectivity index (χ1n) is 6.79. The molecular formula is C12H22N2O4S. The molecule has 0 N–H and O–H groups in total. The Labute approximate surface area is 114 Å². The molecule has 0 spiro atoms. The average molecular weight is 290 g/mol. The summed E-state index contributed by atoms with van der Waals surface area (Å²) in [5.74, 6) is 0.247. The summed E-state index contributed by atoms with van der Waals surface area (Å²) in [6, 6.07) is -0.0165. The zero-order valence-electron chi connectivity index (χ0n) is 11.5. The van der Waals surface area contributed by atoms with E-state index < -0.39 is 10.0 Å². The number of likely N-dealkylation sites (tertiary alicyclic amines) is 1. The predicted molar refractivity (Wildman–Crippen MR) is 71.2 cm³/mol. The lowest BCUT2D eigenvalue weighted by Crippen LogP contribution is -2.54. The molecule has 0 aromatic heterocycles. The van der Waals surface area contributed by atoms with Crippen molar-refractivity contribution in [3.8, 4) is 0 Å². The average Bonchev–Trinajstić information content (AvgIpc) is 2.82. The minimum Gasteiger partial charge on any atom is -0.383 e. The molecule has 0 unspecified atom stereocenters. The van der Waals surface area contributed by atoms with Crippen molar-refractivity contribution in [2.45, 2.75) is 38.3 Å². The number of rotatable bonds is 5. The number of carbonyl (C=O) groups is 1. The van der Waals surface area contributed by atoms with Gasteiger partial charge in [0.25, 0.3) is 0 Å². The van der Waals surface area contributed by atoms with Crippen molar-refractivity contribution in [2.75, 3.05) is 32.6 Å².